The van der Waals surface area contributed by atoms with E-state index in [1.54, 1.807) is 0 Å². The van der Waals surface area contributed by atoms with Crippen molar-refractivity contribution in [1.82, 2.24) is 31.1 Å². The average Bonchev–Trinajstić information content (AvgIpc) is 3.26. The third-order valence-corrected chi connectivity index (χ3v) is 12.3. The van der Waals surface area contributed by atoms with Crippen LogP contribution in [0.15, 0.2) is 0 Å². The Hall–Kier alpha value is -1.71. The fourth-order valence-corrected chi connectivity index (χ4v) is 8.06. The monoisotopic (exact) mass is 863 g/mol. The Morgan fingerprint density at radius 2 is 0.541 bits per heavy atom. The molecular weight excluding hydrogens is 757 g/mol. The molecular formula is C52H106N6O3. The van der Waals surface area contributed by atoms with E-state index in [1.807, 2.05) is 0 Å². The maximum absolute atomic E-state index is 12.9. The van der Waals surface area contributed by atoms with Crippen LogP contribution in [0.5, 0.6) is 0 Å². The van der Waals surface area contributed by atoms with Crippen molar-refractivity contribution in [2.24, 2.45) is 0 Å². The molecule has 0 radical (unpaired) electrons. The van der Waals surface area contributed by atoms with Crippen molar-refractivity contribution in [2.45, 2.75) is 246 Å². The van der Waals surface area contributed by atoms with E-state index in [4.69, 9.17) is 0 Å². The maximum Gasteiger partial charge on any atom is 0.221 e. The molecule has 0 fully saturated rings. The number of nitrogens with zero attached hydrogens (tertiary/aromatic N) is 2. The molecule has 9 heteroatoms. The lowest BCUT2D eigenvalue weighted by Crippen LogP contribution is -2.42. The summed E-state index contributed by atoms with van der Waals surface area (Å²) >= 11 is 0. The summed E-state index contributed by atoms with van der Waals surface area (Å²) in [4.78, 5) is 43.4. The first kappa shape index (κ1) is 59.3. The first-order valence-corrected chi connectivity index (χ1v) is 26.9. The van der Waals surface area contributed by atoms with Gasteiger partial charge in [0.25, 0.3) is 0 Å². The average molecular weight is 863 g/mol. The van der Waals surface area contributed by atoms with Crippen LogP contribution < -0.4 is 21.3 Å². The van der Waals surface area contributed by atoms with Crippen LogP contribution in [0.25, 0.3) is 0 Å². The lowest BCUT2D eigenvalue weighted by Gasteiger charge is -2.28. The molecule has 0 aliphatic heterocycles. The molecule has 0 saturated heterocycles. The Labute approximate surface area is 380 Å². The predicted octanol–water partition coefficient (Wildman–Crippen LogP) is 11.9. The molecule has 0 spiro atoms. The Kier molecular flexibility index (Phi) is 47.9. The largest absolute Gasteiger partial charge is 0.356 e. The van der Waals surface area contributed by atoms with Crippen LogP contribution in [-0.4, -0.2) is 99.5 Å². The fraction of sp³-hybridized carbons (Fsp3) is 0.942. The molecule has 9 nitrogen and oxygen atoms in total. The molecule has 0 aliphatic carbocycles. The fourth-order valence-electron chi connectivity index (χ4n) is 8.06. The summed E-state index contributed by atoms with van der Waals surface area (Å²) in [5, 5.41) is 13.0. The van der Waals surface area contributed by atoms with Crippen LogP contribution in [0.3, 0.4) is 0 Å². The van der Waals surface area contributed by atoms with Gasteiger partial charge in [-0.2, -0.15) is 0 Å². The molecule has 0 heterocycles. The van der Waals surface area contributed by atoms with Crippen molar-refractivity contribution >= 4 is 17.7 Å². The number of unbranched alkanes of at least 4 members (excludes halogenated alkanes) is 27. The van der Waals surface area contributed by atoms with Crippen LogP contribution in [0.2, 0.25) is 0 Å². The van der Waals surface area contributed by atoms with Gasteiger partial charge in [0.2, 0.25) is 17.7 Å². The second-order valence-corrected chi connectivity index (χ2v) is 18.3. The SMILES string of the molecule is CCCCCCCCCCCCNC(=O)CCN(CCNCCC)CCN(CCC(=O)NCCCCCCCCCCCC)CCC(=O)NCCCCCCCCCCCC. The molecule has 3 amide bonds. The van der Waals surface area contributed by atoms with Crippen molar-refractivity contribution in [3.05, 3.63) is 0 Å². The van der Waals surface area contributed by atoms with E-state index in [0.29, 0.717) is 38.9 Å². The molecule has 61 heavy (non-hydrogen) atoms. The highest BCUT2D eigenvalue weighted by Crippen LogP contribution is 2.13. The van der Waals surface area contributed by atoms with Crippen LogP contribution >= 0.6 is 0 Å². The summed E-state index contributed by atoms with van der Waals surface area (Å²) in [6.45, 7) is 17.6. The Balaban J connectivity index is 4.84. The minimum atomic E-state index is 0.103. The lowest BCUT2D eigenvalue weighted by molar-refractivity contribution is -0.122. The summed E-state index contributed by atoms with van der Waals surface area (Å²) in [5.41, 5.74) is 0. The van der Waals surface area contributed by atoms with Gasteiger partial charge in [-0.3, -0.25) is 14.4 Å². The molecule has 0 saturated carbocycles. The Morgan fingerprint density at radius 1 is 0.279 bits per heavy atom. The van der Waals surface area contributed by atoms with Gasteiger partial charge in [0.1, 0.15) is 0 Å². The molecule has 0 bridgehead atoms. The molecule has 0 aromatic heterocycles. The van der Waals surface area contributed by atoms with Gasteiger partial charge in [-0.1, -0.05) is 201 Å². The number of amides is 3. The maximum atomic E-state index is 12.9. The number of rotatable bonds is 50. The van der Waals surface area contributed by atoms with Crippen molar-refractivity contribution < 1.29 is 14.4 Å². The number of hydrogen-bond acceptors (Lipinski definition) is 6. The molecule has 0 atom stereocenters. The highest BCUT2D eigenvalue weighted by Gasteiger charge is 2.15. The molecule has 0 unspecified atom stereocenters. The zero-order valence-electron chi connectivity index (χ0n) is 41.4. The smallest absolute Gasteiger partial charge is 0.221 e. The molecule has 0 aromatic carbocycles. The minimum Gasteiger partial charge on any atom is -0.356 e. The van der Waals surface area contributed by atoms with Gasteiger partial charge in [-0.25, -0.2) is 0 Å². The minimum absolute atomic E-state index is 0.103. The summed E-state index contributed by atoms with van der Waals surface area (Å²) in [6, 6.07) is 0. The van der Waals surface area contributed by atoms with E-state index in [2.05, 4.69) is 58.8 Å². The second-order valence-electron chi connectivity index (χ2n) is 18.3. The van der Waals surface area contributed by atoms with Crippen molar-refractivity contribution in [3.8, 4) is 0 Å². The van der Waals surface area contributed by atoms with E-state index in [1.165, 1.54) is 173 Å². The van der Waals surface area contributed by atoms with Gasteiger partial charge in [0, 0.05) is 84.7 Å². The molecule has 362 valence electrons. The van der Waals surface area contributed by atoms with E-state index in [9.17, 15) is 14.4 Å². The van der Waals surface area contributed by atoms with Crippen LogP contribution in [-0.2, 0) is 14.4 Å². The van der Waals surface area contributed by atoms with Gasteiger partial charge in [-0.15, -0.1) is 0 Å². The van der Waals surface area contributed by atoms with E-state index >= 15 is 0 Å². The first-order valence-electron chi connectivity index (χ1n) is 26.9. The molecule has 0 aliphatic rings. The normalized spacial score (nSPS) is 11.5. The molecule has 4 N–H and O–H groups in total. The zero-order valence-corrected chi connectivity index (χ0v) is 41.4. The van der Waals surface area contributed by atoms with Gasteiger partial charge in [-0.05, 0) is 32.2 Å². The number of carbonyl (C=O) groups is 3. The first-order chi connectivity index (χ1) is 30.0. The van der Waals surface area contributed by atoms with Gasteiger partial charge in [0.15, 0.2) is 0 Å². The third kappa shape index (κ3) is 46.1. The standard InChI is InChI=1S/C52H106N6O3/c1-5-9-12-15-18-21-24-27-30-33-40-54-50(59)36-44-57(45-37-51(60)55-41-34-31-28-25-22-19-16-13-10-6-2)48-49-58(47-43-53-39-8-4)46-38-52(61)56-42-35-32-29-26-23-20-17-14-11-7-3/h53H,5-49H2,1-4H3,(H,54,59)(H,55,60)(H,56,61). The van der Waals surface area contributed by atoms with Gasteiger partial charge >= 0.3 is 0 Å². The number of nitrogens with one attached hydrogen (secondary N) is 4. The highest BCUT2D eigenvalue weighted by atomic mass is 16.2. The van der Waals surface area contributed by atoms with Crippen LogP contribution in [0, 0.1) is 0 Å². The van der Waals surface area contributed by atoms with Crippen molar-refractivity contribution in [2.75, 3.05) is 72.0 Å². The molecule has 0 rings (SSSR count). The lowest BCUT2D eigenvalue weighted by atomic mass is 10.1. The number of carbonyl (C=O) groups excluding carboxylic acids is 3. The second kappa shape index (κ2) is 49.3. The highest BCUT2D eigenvalue weighted by molar-refractivity contribution is 5.77. The summed E-state index contributed by atoms with van der Waals surface area (Å²) in [7, 11) is 0. The quantitative estimate of drug-likeness (QED) is 0.0454. The Bertz CT molecular complexity index is 895. The number of hydrogen-bond donors (Lipinski definition) is 4. The van der Waals surface area contributed by atoms with Crippen molar-refractivity contribution in [1.29, 1.82) is 0 Å². The summed E-state index contributed by atoms with van der Waals surface area (Å²) < 4.78 is 0. The van der Waals surface area contributed by atoms with Crippen LogP contribution in [0.1, 0.15) is 246 Å². The predicted molar refractivity (Wildman–Crippen MR) is 264 cm³/mol. The van der Waals surface area contributed by atoms with Crippen molar-refractivity contribution in [3.63, 3.8) is 0 Å². The van der Waals surface area contributed by atoms with E-state index < -0.39 is 0 Å². The Morgan fingerprint density at radius 3 is 0.820 bits per heavy atom. The summed E-state index contributed by atoms with van der Waals surface area (Å²) in [6.07, 6.45) is 41.2. The molecule has 0 aromatic rings. The zero-order chi connectivity index (χ0) is 44.5. The van der Waals surface area contributed by atoms with E-state index in [0.717, 1.165) is 78.0 Å². The van der Waals surface area contributed by atoms with Crippen LogP contribution in [0.4, 0.5) is 0 Å². The summed E-state index contributed by atoms with van der Waals surface area (Å²) in [5.74, 6) is 0.342. The van der Waals surface area contributed by atoms with Gasteiger partial charge < -0.3 is 31.1 Å². The van der Waals surface area contributed by atoms with E-state index in [-0.39, 0.29) is 17.7 Å². The van der Waals surface area contributed by atoms with Gasteiger partial charge in [0.05, 0.1) is 0 Å². The topological polar surface area (TPSA) is 106 Å². The third-order valence-electron chi connectivity index (χ3n) is 12.3.